The highest BCUT2D eigenvalue weighted by molar-refractivity contribution is 6.23. The standard InChI is InChI=1S/C28H31NO2/c1-5-17(3)14-15-19(16-18(4)6-2)24-25-22(12-9-13-23(25)30)29-27-20-10-7-8-11-21(20)28(31)26(24)27/h7-8,10-11,14-16,24,29H,5-6,9,12-13H2,1-4H3/b17-14+,18-16+,19-15+. The number of carbonyl (C=O) groups excluding carboxylic acids is 2. The monoisotopic (exact) mass is 413 g/mol. The van der Waals surface area contributed by atoms with Gasteiger partial charge >= 0.3 is 0 Å². The van der Waals surface area contributed by atoms with E-state index < -0.39 is 0 Å². The van der Waals surface area contributed by atoms with E-state index in [2.05, 4.69) is 51.2 Å². The van der Waals surface area contributed by atoms with Crippen LogP contribution in [0.1, 0.15) is 75.7 Å². The Morgan fingerprint density at radius 3 is 2.39 bits per heavy atom. The lowest BCUT2D eigenvalue weighted by Gasteiger charge is -2.34. The third-order valence-corrected chi connectivity index (χ3v) is 6.69. The quantitative estimate of drug-likeness (QED) is 0.564. The molecule has 4 rings (SSSR count). The highest BCUT2D eigenvalue weighted by Crippen LogP contribution is 2.47. The molecule has 1 heterocycles. The number of dihydropyridines is 1. The Morgan fingerprint density at radius 2 is 1.68 bits per heavy atom. The van der Waals surface area contributed by atoms with Gasteiger partial charge in [0.15, 0.2) is 11.6 Å². The lowest BCUT2D eigenvalue weighted by molar-refractivity contribution is -0.116. The summed E-state index contributed by atoms with van der Waals surface area (Å²) >= 11 is 0. The molecule has 160 valence electrons. The number of Topliss-reactive ketones (excluding diaryl/α,β-unsaturated/α-hetero) is 2. The minimum absolute atomic E-state index is 0.0395. The molecule has 3 nitrogen and oxygen atoms in total. The van der Waals surface area contributed by atoms with Gasteiger partial charge in [0.05, 0.1) is 5.70 Å². The Kier molecular flexibility index (Phi) is 5.95. The number of nitrogens with one attached hydrogen (secondary N) is 1. The van der Waals surface area contributed by atoms with Crippen LogP contribution in [0.4, 0.5) is 0 Å². The fourth-order valence-corrected chi connectivity index (χ4v) is 4.64. The molecule has 0 spiro atoms. The van der Waals surface area contributed by atoms with Crippen LogP contribution >= 0.6 is 0 Å². The van der Waals surface area contributed by atoms with E-state index in [1.807, 2.05) is 24.3 Å². The predicted molar refractivity (Wildman–Crippen MR) is 126 cm³/mol. The van der Waals surface area contributed by atoms with Crippen molar-refractivity contribution < 1.29 is 9.59 Å². The highest BCUT2D eigenvalue weighted by Gasteiger charge is 2.43. The van der Waals surface area contributed by atoms with E-state index in [-0.39, 0.29) is 17.5 Å². The summed E-state index contributed by atoms with van der Waals surface area (Å²) in [6.45, 7) is 8.51. The molecule has 0 radical (unpaired) electrons. The molecule has 1 aliphatic heterocycles. The van der Waals surface area contributed by atoms with Crippen molar-refractivity contribution in [3.8, 4) is 0 Å². The zero-order chi connectivity index (χ0) is 22.1. The van der Waals surface area contributed by atoms with Gasteiger partial charge in [-0.15, -0.1) is 0 Å². The molecule has 1 aromatic carbocycles. The first-order chi connectivity index (χ1) is 15.0. The van der Waals surface area contributed by atoms with Crippen LogP contribution in [0.3, 0.4) is 0 Å². The second-order valence-corrected chi connectivity index (χ2v) is 8.77. The van der Waals surface area contributed by atoms with E-state index in [9.17, 15) is 9.59 Å². The Morgan fingerprint density at radius 1 is 0.968 bits per heavy atom. The first-order valence-electron chi connectivity index (χ1n) is 11.4. The van der Waals surface area contributed by atoms with Crippen LogP contribution in [0.2, 0.25) is 0 Å². The number of ketones is 2. The molecule has 0 bridgehead atoms. The van der Waals surface area contributed by atoms with Crippen LogP contribution in [-0.4, -0.2) is 11.6 Å². The van der Waals surface area contributed by atoms with E-state index >= 15 is 0 Å². The number of hydrogen-bond acceptors (Lipinski definition) is 3. The first kappa shape index (κ1) is 21.3. The molecule has 31 heavy (non-hydrogen) atoms. The number of carbonyl (C=O) groups is 2. The molecular weight excluding hydrogens is 382 g/mol. The van der Waals surface area contributed by atoms with Gasteiger partial charge < -0.3 is 5.32 Å². The summed E-state index contributed by atoms with van der Waals surface area (Å²) in [4.78, 5) is 26.7. The smallest absolute Gasteiger partial charge is 0.192 e. The van der Waals surface area contributed by atoms with Crippen molar-refractivity contribution in [3.05, 3.63) is 87.2 Å². The van der Waals surface area contributed by atoms with Crippen LogP contribution in [0.15, 0.2) is 76.1 Å². The van der Waals surface area contributed by atoms with Crippen LogP contribution < -0.4 is 5.32 Å². The number of rotatable bonds is 5. The maximum Gasteiger partial charge on any atom is 0.192 e. The van der Waals surface area contributed by atoms with Crippen LogP contribution in [0.5, 0.6) is 0 Å². The van der Waals surface area contributed by atoms with Gasteiger partial charge in [-0.2, -0.15) is 0 Å². The molecule has 2 aliphatic carbocycles. The summed E-state index contributed by atoms with van der Waals surface area (Å²) < 4.78 is 0. The maximum absolute atomic E-state index is 13.6. The summed E-state index contributed by atoms with van der Waals surface area (Å²) in [6.07, 6.45) is 10.6. The van der Waals surface area contributed by atoms with Crippen molar-refractivity contribution in [1.82, 2.24) is 5.32 Å². The van der Waals surface area contributed by atoms with E-state index in [1.54, 1.807) is 0 Å². The Bertz CT molecular complexity index is 1110. The second-order valence-electron chi connectivity index (χ2n) is 8.77. The fraction of sp³-hybridized carbons (Fsp3) is 0.357. The largest absolute Gasteiger partial charge is 0.358 e. The zero-order valence-corrected chi connectivity index (χ0v) is 19.0. The van der Waals surface area contributed by atoms with Crippen molar-refractivity contribution in [2.45, 2.75) is 59.8 Å². The van der Waals surface area contributed by atoms with E-state index in [4.69, 9.17) is 0 Å². The van der Waals surface area contributed by atoms with Crippen molar-refractivity contribution in [2.75, 3.05) is 0 Å². The average molecular weight is 414 g/mol. The molecule has 3 aliphatic rings. The van der Waals surface area contributed by atoms with Gasteiger partial charge in [-0.1, -0.05) is 67.5 Å². The predicted octanol–water partition coefficient (Wildman–Crippen LogP) is 6.46. The molecule has 0 saturated carbocycles. The van der Waals surface area contributed by atoms with Gasteiger partial charge in [-0.3, -0.25) is 9.59 Å². The summed E-state index contributed by atoms with van der Waals surface area (Å²) in [5.41, 5.74) is 8.63. The fourth-order valence-electron chi connectivity index (χ4n) is 4.64. The summed E-state index contributed by atoms with van der Waals surface area (Å²) in [5.74, 6) is -0.113. The zero-order valence-electron chi connectivity index (χ0n) is 19.0. The summed E-state index contributed by atoms with van der Waals surface area (Å²) in [7, 11) is 0. The minimum atomic E-state index is -0.318. The van der Waals surface area contributed by atoms with Crippen LogP contribution in [0.25, 0.3) is 5.70 Å². The number of fused-ring (bicyclic) bond motifs is 2. The number of benzene rings is 1. The third kappa shape index (κ3) is 3.78. The Labute approximate surface area is 185 Å². The molecule has 0 amide bonds. The molecule has 1 aromatic rings. The van der Waals surface area contributed by atoms with E-state index in [0.717, 1.165) is 64.9 Å². The lowest BCUT2D eigenvalue weighted by atomic mass is 9.74. The SMILES string of the molecule is CC/C(C)=C/C=C(\C=C(/C)CC)C1C2=C(CCCC2=O)NC2=C1C(=O)c1ccccc12. The van der Waals surface area contributed by atoms with Gasteiger partial charge in [-0.05, 0) is 45.1 Å². The maximum atomic E-state index is 13.6. The van der Waals surface area contributed by atoms with Gasteiger partial charge in [-0.25, -0.2) is 0 Å². The first-order valence-corrected chi connectivity index (χ1v) is 11.4. The van der Waals surface area contributed by atoms with Gasteiger partial charge in [0, 0.05) is 40.3 Å². The van der Waals surface area contributed by atoms with Crippen molar-refractivity contribution >= 4 is 17.3 Å². The Hall–Kier alpha value is -2.94. The van der Waals surface area contributed by atoms with Crippen molar-refractivity contribution in [1.29, 1.82) is 0 Å². The van der Waals surface area contributed by atoms with E-state index in [0.29, 0.717) is 6.42 Å². The normalized spacial score (nSPS) is 21.8. The minimum Gasteiger partial charge on any atom is -0.358 e. The molecule has 1 atom stereocenters. The highest BCUT2D eigenvalue weighted by atomic mass is 16.1. The second kappa shape index (κ2) is 8.66. The van der Waals surface area contributed by atoms with Crippen LogP contribution in [-0.2, 0) is 4.79 Å². The molecule has 0 saturated heterocycles. The lowest BCUT2D eigenvalue weighted by Crippen LogP contribution is -2.33. The molecule has 1 unspecified atom stereocenters. The summed E-state index contributed by atoms with van der Waals surface area (Å²) in [6, 6.07) is 7.79. The molecular formula is C28H31NO2. The van der Waals surface area contributed by atoms with Gasteiger partial charge in [0.2, 0.25) is 0 Å². The third-order valence-electron chi connectivity index (χ3n) is 6.69. The average Bonchev–Trinajstić information content (AvgIpc) is 3.07. The molecule has 0 fully saturated rings. The summed E-state index contributed by atoms with van der Waals surface area (Å²) in [5, 5.41) is 3.52. The van der Waals surface area contributed by atoms with Gasteiger partial charge in [0.25, 0.3) is 0 Å². The number of hydrogen-bond donors (Lipinski definition) is 1. The van der Waals surface area contributed by atoms with Crippen molar-refractivity contribution in [3.63, 3.8) is 0 Å². The van der Waals surface area contributed by atoms with Crippen LogP contribution in [0, 0.1) is 5.92 Å². The topological polar surface area (TPSA) is 46.2 Å². The Balaban J connectivity index is 1.96. The molecule has 1 N–H and O–H groups in total. The van der Waals surface area contributed by atoms with Crippen molar-refractivity contribution in [2.24, 2.45) is 5.92 Å². The molecule has 3 heteroatoms. The molecule has 0 aromatic heterocycles. The van der Waals surface area contributed by atoms with E-state index in [1.165, 1.54) is 11.1 Å². The van der Waals surface area contributed by atoms with Gasteiger partial charge in [0.1, 0.15) is 0 Å². The number of allylic oxidation sites excluding steroid dienone is 9.